The van der Waals surface area contributed by atoms with E-state index in [1.807, 2.05) is 17.0 Å². The van der Waals surface area contributed by atoms with Crippen LogP contribution in [-0.2, 0) is 20.7 Å². The molecular weight excluding hydrogens is 356 g/mol. The molecule has 2 aliphatic heterocycles. The molecule has 2 amide bonds. The van der Waals surface area contributed by atoms with E-state index in [2.05, 4.69) is 15.2 Å². The zero-order valence-electron chi connectivity index (χ0n) is 16.8. The molecule has 7 nitrogen and oxygen atoms in total. The highest BCUT2D eigenvalue weighted by Gasteiger charge is 2.32. The first-order valence-electron chi connectivity index (χ1n) is 10.3. The highest BCUT2D eigenvalue weighted by molar-refractivity contribution is 5.79. The summed E-state index contributed by atoms with van der Waals surface area (Å²) >= 11 is 0. The van der Waals surface area contributed by atoms with Crippen molar-refractivity contribution < 1.29 is 14.3 Å². The number of nitrogens with one attached hydrogen (secondary N) is 1. The Bertz CT molecular complexity index is 632. The van der Waals surface area contributed by atoms with Gasteiger partial charge in [0.2, 0.25) is 11.8 Å². The molecule has 28 heavy (non-hydrogen) atoms. The Labute approximate surface area is 167 Å². The average molecular weight is 389 g/mol. The topological polar surface area (TPSA) is 74.8 Å². The van der Waals surface area contributed by atoms with Crippen LogP contribution in [0.4, 0.5) is 0 Å². The Morgan fingerprint density at radius 3 is 2.79 bits per heavy atom. The van der Waals surface area contributed by atoms with Crippen molar-refractivity contribution in [2.24, 2.45) is 5.92 Å². The molecule has 1 aromatic heterocycles. The fourth-order valence-corrected chi connectivity index (χ4v) is 4.24. The van der Waals surface area contributed by atoms with E-state index >= 15 is 0 Å². The zero-order valence-corrected chi connectivity index (χ0v) is 16.8. The van der Waals surface area contributed by atoms with E-state index in [4.69, 9.17) is 4.74 Å². The van der Waals surface area contributed by atoms with Gasteiger partial charge in [-0.15, -0.1) is 0 Å². The second kappa shape index (κ2) is 10.5. The average Bonchev–Trinajstić information content (AvgIpc) is 2.75. The highest BCUT2D eigenvalue weighted by Crippen LogP contribution is 2.24. The Hall–Kier alpha value is -1.99. The highest BCUT2D eigenvalue weighted by atomic mass is 16.5. The molecule has 2 aliphatic rings. The van der Waals surface area contributed by atoms with Crippen LogP contribution in [-0.4, -0.2) is 79.1 Å². The first-order chi connectivity index (χ1) is 13.7. The van der Waals surface area contributed by atoms with E-state index in [0.717, 1.165) is 57.4 Å². The minimum absolute atomic E-state index is 0.0656. The molecule has 1 unspecified atom stereocenters. The second-order valence-corrected chi connectivity index (χ2v) is 7.77. The van der Waals surface area contributed by atoms with Gasteiger partial charge in [-0.3, -0.25) is 19.5 Å². The summed E-state index contributed by atoms with van der Waals surface area (Å²) in [5.41, 5.74) is 0.966. The van der Waals surface area contributed by atoms with Gasteiger partial charge in [-0.05, 0) is 43.9 Å². The summed E-state index contributed by atoms with van der Waals surface area (Å²) < 4.78 is 5.00. The molecule has 7 heteroatoms. The van der Waals surface area contributed by atoms with Gasteiger partial charge in [-0.25, -0.2) is 0 Å². The van der Waals surface area contributed by atoms with Gasteiger partial charge in [0.05, 0.1) is 18.9 Å². The molecule has 2 fully saturated rings. The number of carbonyl (C=O) groups is 2. The number of hydrogen-bond acceptors (Lipinski definition) is 5. The first kappa shape index (κ1) is 20.7. The van der Waals surface area contributed by atoms with Gasteiger partial charge in [-0.2, -0.15) is 0 Å². The van der Waals surface area contributed by atoms with Crippen molar-refractivity contribution in [3.8, 4) is 0 Å². The van der Waals surface area contributed by atoms with Crippen molar-refractivity contribution >= 4 is 11.8 Å². The van der Waals surface area contributed by atoms with Crippen LogP contribution in [0, 0.1) is 5.92 Å². The smallest absolute Gasteiger partial charge is 0.227 e. The molecular formula is C21H32N4O3. The van der Waals surface area contributed by atoms with Crippen molar-refractivity contribution in [3.63, 3.8) is 0 Å². The maximum Gasteiger partial charge on any atom is 0.227 e. The number of rotatable bonds is 7. The molecule has 0 spiro atoms. The van der Waals surface area contributed by atoms with E-state index in [1.165, 1.54) is 0 Å². The van der Waals surface area contributed by atoms with Crippen LogP contribution < -0.4 is 5.32 Å². The monoisotopic (exact) mass is 388 g/mol. The van der Waals surface area contributed by atoms with E-state index in [9.17, 15) is 9.59 Å². The number of nitrogens with zero attached hydrogens (tertiary/aromatic N) is 3. The van der Waals surface area contributed by atoms with Gasteiger partial charge >= 0.3 is 0 Å². The van der Waals surface area contributed by atoms with Crippen molar-refractivity contribution in [1.82, 2.24) is 20.1 Å². The second-order valence-electron chi connectivity index (χ2n) is 7.77. The predicted molar refractivity (Wildman–Crippen MR) is 107 cm³/mol. The van der Waals surface area contributed by atoms with Crippen LogP contribution in [0.3, 0.4) is 0 Å². The van der Waals surface area contributed by atoms with Gasteiger partial charge in [0.1, 0.15) is 0 Å². The maximum absolute atomic E-state index is 12.5. The van der Waals surface area contributed by atoms with Crippen LogP contribution in [0.25, 0.3) is 0 Å². The minimum atomic E-state index is 0.0656. The molecule has 1 atom stereocenters. The van der Waals surface area contributed by atoms with Crippen LogP contribution >= 0.6 is 0 Å². The number of likely N-dealkylation sites (tertiary alicyclic amines) is 2. The molecule has 0 saturated carbocycles. The maximum atomic E-state index is 12.5. The Morgan fingerprint density at radius 2 is 2.07 bits per heavy atom. The fraction of sp³-hybridized carbons (Fsp3) is 0.667. The number of carbonyl (C=O) groups excluding carboxylic acids is 2. The summed E-state index contributed by atoms with van der Waals surface area (Å²) in [4.78, 5) is 33.4. The number of hydrogen-bond donors (Lipinski definition) is 1. The van der Waals surface area contributed by atoms with E-state index in [-0.39, 0.29) is 17.7 Å². The largest absolute Gasteiger partial charge is 0.383 e. The molecule has 2 saturated heterocycles. The van der Waals surface area contributed by atoms with Crippen LogP contribution in [0.1, 0.15) is 31.2 Å². The molecule has 3 heterocycles. The molecule has 154 valence electrons. The van der Waals surface area contributed by atoms with Crippen LogP contribution in [0.5, 0.6) is 0 Å². The Balaban J connectivity index is 1.43. The van der Waals surface area contributed by atoms with Crippen molar-refractivity contribution in [3.05, 3.63) is 30.1 Å². The SMILES string of the molecule is COCCNC(=O)C1CCCN(C2CCN(C(=O)Cc3cccnc3)CC2)C1. The number of aromatic nitrogens is 1. The summed E-state index contributed by atoms with van der Waals surface area (Å²) in [6.07, 6.45) is 7.89. The first-order valence-corrected chi connectivity index (χ1v) is 10.3. The molecule has 3 rings (SSSR count). The van der Waals surface area contributed by atoms with Gasteiger partial charge in [0.15, 0.2) is 0 Å². The van der Waals surface area contributed by atoms with Crippen LogP contribution in [0.15, 0.2) is 24.5 Å². The van der Waals surface area contributed by atoms with E-state index in [1.54, 1.807) is 19.5 Å². The number of pyridine rings is 1. The summed E-state index contributed by atoms with van der Waals surface area (Å²) in [6.45, 7) is 4.59. The number of piperidine rings is 2. The molecule has 0 aliphatic carbocycles. The Morgan fingerprint density at radius 1 is 1.25 bits per heavy atom. The number of methoxy groups -OCH3 is 1. The van der Waals surface area contributed by atoms with Crippen molar-refractivity contribution in [2.45, 2.75) is 38.1 Å². The number of amides is 2. The van der Waals surface area contributed by atoms with E-state index in [0.29, 0.717) is 25.6 Å². The third-order valence-electron chi connectivity index (χ3n) is 5.84. The van der Waals surface area contributed by atoms with Crippen molar-refractivity contribution in [2.75, 3.05) is 46.4 Å². The molecule has 0 radical (unpaired) electrons. The third-order valence-corrected chi connectivity index (χ3v) is 5.84. The van der Waals surface area contributed by atoms with Gasteiger partial charge in [0, 0.05) is 51.7 Å². The normalized spacial score (nSPS) is 21.5. The lowest BCUT2D eigenvalue weighted by atomic mass is 9.93. The standard InChI is InChI=1S/C21H32N4O3/c1-28-13-9-23-21(27)18-5-3-10-25(16-18)19-6-11-24(12-7-19)20(26)14-17-4-2-8-22-15-17/h2,4,8,15,18-19H,3,5-7,9-14,16H2,1H3,(H,23,27). The van der Waals surface area contributed by atoms with Crippen molar-refractivity contribution in [1.29, 1.82) is 0 Å². The fourth-order valence-electron chi connectivity index (χ4n) is 4.24. The summed E-state index contributed by atoms with van der Waals surface area (Å²) in [6, 6.07) is 4.29. The van der Waals surface area contributed by atoms with Gasteiger partial charge < -0.3 is 15.0 Å². The predicted octanol–water partition coefficient (Wildman–Crippen LogP) is 1.09. The molecule has 0 bridgehead atoms. The lowest BCUT2D eigenvalue weighted by Gasteiger charge is -2.42. The lowest BCUT2D eigenvalue weighted by Crippen LogP contribution is -2.51. The third kappa shape index (κ3) is 5.75. The summed E-state index contributed by atoms with van der Waals surface area (Å²) in [5.74, 6) is 0.391. The summed E-state index contributed by atoms with van der Waals surface area (Å²) in [5, 5.41) is 2.97. The van der Waals surface area contributed by atoms with Gasteiger partial charge in [0.25, 0.3) is 0 Å². The molecule has 1 aromatic rings. The zero-order chi connectivity index (χ0) is 19.8. The molecule has 0 aromatic carbocycles. The lowest BCUT2D eigenvalue weighted by molar-refractivity contribution is -0.132. The quantitative estimate of drug-likeness (QED) is 0.708. The van der Waals surface area contributed by atoms with Gasteiger partial charge in [-0.1, -0.05) is 6.07 Å². The Kier molecular flexibility index (Phi) is 7.80. The summed E-state index contributed by atoms with van der Waals surface area (Å²) in [7, 11) is 1.64. The van der Waals surface area contributed by atoms with Crippen LogP contribution in [0.2, 0.25) is 0 Å². The number of ether oxygens (including phenoxy) is 1. The minimum Gasteiger partial charge on any atom is -0.383 e. The van der Waals surface area contributed by atoms with E-state index < -0.39 is 0 Å². The molecule has 1 N–H and O–H groups in total.